The summed E-state index contributed by atoms with van der Waals surface area (Å²) in [6, 6.07) is 0. The van der Waals surface area contributed by atoms with Crippen LogP contribution < -0.4 is 5.32 Å². The molecule has 1 rings (SSSR count). The summed E-state index contributed by atoms with van der Waals surface area (Å²) in [6.07, 6.45) is 2.15. The predicted molar refractivity (Wildman–Crippen MR) is 70.8 cm³/mol. The molecule has 0 aromatic carbocycles. The van der Waals surface area contributed by atoms with Crippen molar-refractivity contribution < 1.29 is 19.4 Å². The largest absolute Gasteiger partial charge is 0.481 e. The van der Waals surface area contributed by atoms with Crippen LogP contribution in [0.2, 0.25) is 0 Å². The monoisotopic (exact) mass is 275 g/mol. The zero-order valence-corrected chi connectivity index (χ0v) is 11.6. The molecule has 1 fully saturated rings. The van der Waals surface area contributed by atoms with Gasteiger partial charge >= 0.3 is 5.97 Å². The van der Waals surface area contributed by atoms with Crippen molar-refractivity contribution in [1.82, 2.24) is 5.32 Å². The van der Waals surface area contributed by atoms with Crippen LogP contribution in [-0.4, -0.2) is 47.2 Å². The number of hydrogen-bond donors (Lipinski definition) is 2. The third-order valence-electron chi connectivity index (χ3n) is 2.93. The maximum absolute atomic E-state index is 11.8. The van der Waals surface area contributed by atoms with Crippen LogP contribution in [0.4, 0.5) is 0 Å². The summed E-state index contributed by atoms with van der Waals surface area (Å²) in [5.41, 5.74) is -0.617. The highest BCUT2D eigenvalue weighted by Gasteiger charge is 2.36. The van der Waals surface area contributed by atoms with Gasteiger partial charge in [0.05, 0.1) is 17.7 Å². The van der Waals surface area contributed by atoms with E-state index in [4.69, 9.17) is 9.84 Å². The van der Waals surface area contributed by atoms with Gasteiger partial charge < -0.3 is 15.2 Å². The number of carbonyl (C=O) groups excluding carboxylic acids is 1. The first-order valence-electron chi connectivity index (χ1n) is 6.26. The lowest BCUT2D eigenvalue weighted by Gasteiger charge is -2.36. The molecule has 0 spiro atoms. The summed E-state index contributed by atoms with van der Waals surface area (Å²) in [4.78, 5) is 22.7. The van der Waals surface area contributed by atoms with Gasteiger partial charge in [0.1, 0.15) is 0 Å². The van der Waals surface area contributed by atoms with Crippen molar-refractivity contribution in [3.63, 3.8) is 0 Å². The van der Waals surface area contributed by atoms with Gasteiger partial charge in [-0.25, -0.2) is 0 Å². The highest BCUT2D eigenvalue weighted by molar-refractivity contribution is 7.99. The molecule has 5 nitrogen and oxygen atoms in total. The van der Waals surface area contributed by atoms with Crippen LogP contribution in [0, 0.1) is 0 Å². The van der Waals surface area contributed by atoms with Gasteiger partial charge in [-0.15, -0.1) is 0 Å². The van der Waals surface area contributed by atoms with Crippen LogP contribution >= 0.6 is 11.8 Å². The number of carboxylic acids is 1. The van der Waals surface area contributed by atoms with E-state index in [0.29, 0.717) is 31.8 Å². The molecule has 1 aliphatic heterocycles. The van der Waals surface area contributed by atoms with Gasteiger partial charge in [0.2, 0.25) is 5.91 Å². The van der Waals surface area contributed by atoms with E-state index < -0.39 is 11.5 Å². The van der Waals surface area contributed by atoms with Gasteiger partial charge in [0.25, 0.3) is 0 Å². The lowest BCUT2D eigenvalue weighted by atomic mass is 9.86. The molecule has 1 saturated heterocycles. The number of hydrogen-bond acceptors (Lipinski definition) is 4. The van der Waals surface area contributed by atoms with E-state index in [1.807, 2.05) is 0 Å². The van der Waals surface area contributed by atoms with E-state index in [0.717, 1.165) is 12.2 Å². The molecule has 18 heavy (non-hydrogen) atoms. The van der Waals surface area contributed by atoms with Crippen LogP contribution in [-0.2, 0) is 14.3 Å². The van der Waals surface area contributed by atoms with Crippen molar-refractivity contribution in [2.45, 2.75) is 38.1 Å². The van der Waals surface area contributed by atoms with Crippen molar-refractivity contribution in [3.05, 3.63) is 0 Å². The average molecular weight is 275 g/mol. The maximum atomic E-state index is 11.8. The SMILES string of the molecule is CCCSCC(=O)NC1(CC(=O)O)CCOCC1. The molecule has 104 valence electrons. The highest BCUT2D eigenvalue weighted by atomic mass is 32.2. The molecule has 0 aliphatic carbocycles. The van der Waals surface area contributed by atoms with Crippen LogP contribution in [0.3, 0.4) is 0 Å². The quantitative estimate of drug-likeness (QED) is 0.684. The fourth-order valence-electron chi connectivity index (χ4n) is 2.04. The molecule has 1 aliphatic rings. The Morgan fingerprint density at radius 2 is 2.06 bits per heavy atom. The molecular weight excluding hydrogens is 254 g/mol. The summed E-state index contributed by atoms with van der Waals surface area (Å²) in [5.74, 6) is 0.397. The van der Waals surface area contributed by atoms with Gasteiger partial charge in [0, 0.05) is 13.2 Å². The number of aliphatic carboxylic acids is 1. The third kappa shape index (κ3) is 5.27. The lowest BCUT2D eigenvalue weighted by Crippen LogP contribution is -2.53. The number of carboxylic acid groups (broad SMARTS) is 1. The molecule has 1 amide bonds. The molecular formula is C12H21NO4S. The Hall–Kier alpha value is -0.750. The Bertz CT molecular complexity index is 290. The van der Waals surface area contributed by atoms with Crippen molar-refractivity contribution >= 4 is 23.6 Å². The Morgan fingerprint density at radius 3 is 2.61 bits per heavy atom. The molecule has 2 N–H and O–H groups in total. The van der Waals surface area contributed by atoms with Gasteiger partial charge in [0.15, 0.2) is 0 Å². The summed E-state index contributed by atoms with van der Waals surface area (Å²) in [5, 5.41) is 11.9. The highest BCUT2D eigenvalue weighted by Crippen LogP contribution is 2.24. The average Bonchev–Trinajstić information content (AvgIpc) is 2.29. The number of rotatable bonds is 7. The van der Waals surface area contributed by atoms with Crippen molar-refractivity contribution in [2.24, 2.45) is 0 Å². The fraction of sp³-hybridized carbons (Fsp3) is 0.833. The number of nitrogens with one attached hydrogen (secondary N) is 1. The zero-order chi connectivity index (χ0) is 13.4. The van der Waals surface area contributed by atoms with E-state index in [9.17, 15) is 9.59 Å². The Balaban J connectivity index is 2.49. The Morgan fingerprint density at radius 1 is 1.39 bits per heavy atom. The normalized spacial score (nSPS) is 18.3. The molecule has 0 bridgehead atoms. The second-order valence-corrected chi connectivity index (χ2v) is 5.67. The summed E-state index contributed by atoms with van der Waals surface area (Å²) >= 11 is 1.58. The molecule has 0 saturated carbocycles. The third-order valence-corrected chi connectivity index (χ3v) is 4.09. The molecule has 0 atom stereocenters. The minimum atomic E-state index is -0.876. The van der Waals surface area contributed by atoms with E-state index in [1.54, 1.807) is 11.8 Å². The molecule has 0 aromatic rings. The van der Waals surface area contributed by atoms with E-state index in [1.165, 1.54) is 0 Å². The van der Waals surface area contributed by atoms with Crippen LogP contribution in [0.15, 0.2) is 0 Å². The van der Waals surface area contributed by atoms with Gasteiger partial charge in [-0.2, -0.15) is 11.8 Å². The van der Waals surface area contributed by atoms with Gasteiger partial charge in [-0.3, -0.25) is 9.59 Å². The summed E-state index contributed by atoms with van der Waals surface area (Å²) < 4.78 is 5.24. The maximum Gasteiger partial charge on any atom is 0.305 e. The molecule has 0 radical (unpaired) electrons. The summed E-state index contributed by atoms with van der Waals surface area (Å²) in [7, 11) is 0. The smallest absolute Gasteiger partial charge is 0.305 e. The van der Waals surface area contributed by atoms with Crippen LogP contribution in [0.1, 0.15) is 32.6 Å². The molecule has 6 heteroatoms. The first kappa shape index (κ1) is 15.3. The number of amides is 1. The second-order valence-electron chi connectivity index (χ2n) is 4.56. The topological polar surface area (TPSA) is 75.6 Å². The van der Waals surface area contributed by atoms with Crippen LogP contribution in [0.5, 0.6) is 0 Å². The van der Waals surface area contributed by atoms with E-state index in [-0.39, 0.29) is 12.3 Å². The lowest BCUT2D eigenvalue weighted by molar-refractivity contribution is -0.140. The first-order chi connectivity index (χ1) is 8.58. The van der Waals surface area contributed by atoms with Crippen molar-refractivity contribution in [2.75, 3.05) is 24.7 Å². The zero-order valence-electron chi connectivity index (χ0n) is 10.7. The Labute approximate surface area is 112 Å². The minimum absolute atomic E-state index is 0.0272. The molecule has 1 heterocycles. The first-order valence-corrected chi connectivity index (χ1v) is 7.42. The molecule has 0 aromatic heterocycles. The van der Waals surface area contributed by atoms with Gasteiger partial charge in [-0.05, 0) is 25.0 Å². The Kier molecular flexibility index (Phi) is 6.49. The van der Waals surface area contributed by atoms with Crippen molar-refractivity contribution in [3.8, 4) is 0 Å². The predicted octanol–water partition coefficient (Wildman–Crippen LogP) is 1.27. The number of carbonyl (C=O) groups is 2. The minimum Gasteiger partial charge on any atom is -0.481 e. The standard InChI is InChI=1S/C12H21NO4S/c1-2-7-18-9-10(14)13-12(8-11(15)16)3-5-17-6-4-12/h2-9H2,1H3,(H,13,14)(H,15,16). The van der Waals surface area contributed by atoms with Crippen LogP contribution in [0.25, 0.3) is 0 Å². The van der Waals surface area contributed by atoms with E-state index >= 15 is 0 Å². The summed E-state index contributed by atoms with van der Waals surface area (Å²) in [6.45, 7) is 3.08. The van der Waals surface area contributed by atoms with Crippen molar-refractivity contribution in [1.29, 1.82) is 0 Å². The molecule has 0 unspecified atom stereocenters. The van der Waals surface area contributed by atoms with E-state index in [2.05, 4.69) is 12.2 Å². The fourth-order valence-corrected chi connectivity index (χ4v) is 2.73. The number of ether oxygens (including phenoxy) is 1. The van der Waals surface area contributed by atoms with Gasteiger partial charge in [-0.1, -0.05) is 6.92 Å². The second kappa shape index (κ2) is 7.63. The number of thioether (sulfide) groups is 1.